The van der Waals surface area contributed by atoms with E-state index in [-0.39, 0.29) is 42.2 Å². The summed E-state index contributed by atoms with van der Waals surface area (Å²) in [5.41, 5.74) is 6.02. The number of rotatable bonds is 15. The molecule has 2 aromatic rings. The van der Waals surface area contributed by atoms with Crippen LogP contribution in [0.2, 0.25) is 0 Å². The summed E-state index contributed by atoms with van der Waals surface area (Å²) in [6.07, 6.45) is 11.5. The Balaban J connectivity index is 1.55. The maximum Gasteiger partial charge on any atom is 0.417 e. The molecule has 1 aliphatic carbocycles. The van der Waals surface area contributed by atoms with E-state index in [4.69, 9.17) is 19.2 Å². The van der Waals surface area contributed by atoms with Crippen LogP contribution in [0.3, 0.4) is 0 Å². The van der Waals surface area contributed by atoms with Crippen molar-refractivity contribution in [1.82, 2.24) is 0 Å². The van der Waals surface area contributed by atoms with Gasteiger partial charge in [-0.3, -0.25) is 4.79 Å². The summed E-state index contributed by atoms with van der Waals surface area (Å²) in [4.78, 5) is 19.6. The van der Waals surface area contributed by atoms with Gasteiger partial charge < -0.3 is 14.2 Å². The number of nitrogens with zero attached hydrogens (tertiary/aromatic N) is 1. The second-order valence-electron chi connectivity index (χ2n) is 16.6. The van der Waals surface area contributed by atoms with Gasteiger partial charge in [-0.2, -0.15) is 13.2 Å². The third-order valence-corrected chi connectivity index (χ3v) is 12.0. The molecule has 0 aromatic heterocycles. The molecule has 0 saturated carbocycles. The molecule has 0 fully saturated rings. The highest BCUT2D eigenvalue weighted by Gasteiger charge is 2.39. The topological polar surface area (TPSA) is 57.1 Å². The standard InChI is InChI=1S/C51H63F4NO4/c1-8-11-12-13-27-60-50(57)47(46-32-43(33(4)25-28-59-46)41-24-23-40(58-26-10-3)31-44(41)51(53,54)55)39-19-14-17-37-22-21-34(5)49(56-45(37)30-36(7)35(6)29-39)42-20-15-18-38(16-9-2)48(42)52/h9,15,17-18,20,23-24,30-32,35,39,47H,2,8,10-14,16,19,21-22,25-29H2,1,3-7H3. The van der Waals surface area contributed by atoms with Gasteiger partial charge in [0.05, 0.1) is 36.8 Å². The molecule has 0 N–H and O–H groups in total. The summed E-state index contributed by atoms with van der Waals surface area (Å²) in [7, 11) is 0. The van der Waals surface area contributed by atoms with Gasteiger partial charge in [0.15, 0.2) is 0 Å². The first-order chi connectivity index (χ1) is 28.8. The summed E-state index contributed by atoms with van der Waals surface area (Å²) < 4.78 is 78.2. The van der Waals surface area contributed by atoms with Gasteiger partial charge in [0, 0.05) is 12.0 Å². The Hall–Kier alpha value is -4.66. The second kappa shape index (κ2) is 21.7. The Morgan fingerprint density at radius 1 is 0.983 bits per heavy atom. The molecule has 5 rings (SSSR count). The Kier molecular flexibility index (Phi) is 16.8. The van der Waals surface area contributed by atoms with Crippen molar-refractivity contribution in [2.24, 2.45) is 22.7 Å². The molecule has 0 amide bonds. The van der Waals surface area contributed by atoms with Crippen molar-refractivity contribution in [3.8, 4) is 5.75 Å². The minimum atomic E-state index is -4.64. The molecule has 5 nitrogen and oxygen atoms in total. The zero-order chi connectivity index (χ0) is 43.4. The van der Waals surface area contributed by atoms with Crippen LogP contribution in [-0.2, 0) is 26.9 Å². The average molecular weight is 830 g/mol. The summed E-state index contributed by atoms with van der Waals surface area (Å²) in [6.45, 7) is 16.6. The van der Waals surface area contributed by atoms with Gasteiger partial charge in [0.1, 0.15) is 23.2 Å². The molecule has 2 heterocycles. The minimum Gasteiger partial charge on any atom is -0.497 e. The monoisotopic (exact) mass is 829 g/mol. The molecule has 0 saturated heterocycles. The van der Waals surface area contributed by atoms with E-state index in [0.717, 1.165) is 66.2 Å². The van der Waals surface area contributed by atoms with Crippen LogP contribution < -0.4 is 4.74 Å². The van der Waals surface area contributed by atoms with Crippen molar-refractivity contribution in [2.45, 2.75) is 125 Å². The number of hydrogen-bond donors (Lipinski definition) is 0. The van der Waals surface area contributed by atoms with Crippen molar-refractivity contribution in [1.29, 1.82) is 0 Å². The third-order valence-electron chi connectivity index (χ3n) is 12.0. The summed E-state index contributed by atoms with van der Waals surface area (Å²) in [5.74, 6) is -1.28. The lowest BCUT2D eigenvalue weighted by atomic mass is 9.77. The van der Waals surface area contributed by atoms with Gasteiger partial charge in [-0.05, 0) is 142 Å². The number of aliphatic imine (C=N–C) groups is 1. The molecular formula is C51H63F4NO4. The van der Waals surface area contributed by atoms with Gasteiger partial charge in [0.25, 0.3) is 0 Å². The van der Waals surface area contributed by atoms with E-state index in [2.05, 4.69) is 39.5 Å². The van der Waals surface area contributed by atoms with Gasteiger partial charge in [-0.15, -0.1) is 6.58 Å². The molecule has 324 valence electrons. The number of halogens is 4. The molecule has 3 unspecified atom stereocenters. The molecule has 3 atom stereocenters. The number of hydrogen-bond acceptors (Lipinski definition) is 5. The summed E-state index contributed by atoms with van der Waals surface area (Å²) >= 11 is 0. The van der Waals surface area contributed by atoms with Crippen LogP contribution in [0.15, 0.2) is 100 Å². The third kappa shape index (κ3) is 11.8. The van der Waals surface area contributed by atoms with Crippen LogP contribution in [0, 0.1) is 23.6 Å². The maximum atomic E-state index is 15.9. The molecule has 2 aliphatic heterocycles. The van der Waals surface area contributed by atoms with Gasteiger partial charge in [0.2, 0.25) is 0 Å². The van der Waals surface area contributed by atoms with Crippen molar-refractivity contribution in [3.63, 3.8) is 0 Å². The zero-order valence-electron chi connectivity index (χ0n) is 36.4. The van der Waals surface area contributed by atoms with Crippen LogP contribution in [-0.4, -0.2) is 31.5 Å². The number of fused-ring (bicyclic) bond motifs is 1. The first-order valence-electron chi connectivity index (χ1n) is 21.9. The van der Waals surface area contributed by atoms with Crippen molar-refractivity contribution in [3.05, 3.63) is 123 Å². The van der Waals surface area contributed by atoms with Gasteiger partial charge >= 0.3 is 12.1 Å². The van der Waals surface area contributed by atoms with Gasteiger partial charge in [-0.1, -0.05) is 81.5 Å². The predicted molar refractivity (Wildman–Crippen MR) is 235 cm³/mol. The lowest BCUT2D eigenvalue weighted by Gasteiger charge is -2.30. The fraction of sp³-hybridized carbons (Fsp3) is 0.490. The first-order valence-corrected chi connectivity index (χ1v) is 21.9. The van der Waals surface area contributed by atoms with E-state index in [1.807, 2.05) is 26.8 Å². The first kappa shape index (κ1) is 46.4. The maximum absolute atomic E-state index is 15.9. The van der Waals surface area contributed by atoms with E-state index in [9.17, 15) is 18.0 Å². The van der Waals surface area contributed by atoms with Crippen LogP contribution in [0.5, 0.6) is 5.75 Å². The number of unbranched alkanes of at least 4 members (excludes halogenated alkanes) is 3. The Labute approximate surface area is 355 Å². The zero-order valence-corrected chi connectivity index (χ0v) is 36.4. The molecule has 0 radical (unpaired) electrons. The highest BCUT2D eigenvalue weighted by atomic mass is 19.4. The highest BCUT2D eigenvalue weighted by Crippen LogP contribution is 2.43. The number of carbonyl (C=O) groups excluding carboxylic acids is 1. The number of ether oxygens (including phenoxy) is 3. The quantitative estimate of drug-likeness (QED) is 0.0776. The van der Waals surface area contributed by atoms with Crippen molar-refractivity contribution >= 4 is 23.0 Å². The molecule has 0 bridgehead atoms. The number of carbonyl (C=O) groups is 1. The lowest BCUT2D eigenvalue weighted by Crippen LogP contribution is -2.31. The van der Waals surface area contributed by atoms with E-state index >= 15 is 4.39 Å². The van der Waals surface area contributed by atoms with Gasteiger partial charge in [-0.25, -0.2) is 9.38 Å². The predicted octanol–water partition coefficient (Wildman–Crippen LogP) is 14.2. The fourth-order valence-corrected chi connectivity index (χ4v) is 8.33. The largest absolute Gasteiger partial charge is 0.497 e. The molecular weight excluding hydrogens is 767 g/mol. The highest BCUT2D eigenvalue weighted by molar-refractivity contribution is 6.11. The van der Waals surface area contributed by atoms with Crippen LogP contribution in [0.1, 0.15) is 134 Å². The average Bonchev–Trinajstić information content (AvgIpc) is 3.49. The Bertz CT molecular complexity index is 2050. The Morgan fingerprint density at radius 3 is 2.52 bits per heavy atom. The smallest absolute Gasteiger partial charge is 0.417 e. The summed E-state index contributed by atoms with van der Waals surface area (Å²) in [6, 6.07) is 9.56. The molecule has 3 aliphatic rings. The van der Waals surface area contributed by atoms with E-state index in [1.165, 1.54) is 6.07 Å². The molecule has 60 heavy (non-hydrogen) atoms. The number of alkyl halides is 3. The van der Waals surface area contributed by atoms with E-state index in [1.54, 1.807) is 30.4 Å². The second-order valence-corrected chi connectivity index (χ2v) is 16.6. The number of esters is 1. The normalized spacial score (nSPS) is 19.7. The van der Waals surface area contributed by atoms with Crippen LogP contribution >= 0.6 is 0 Å². The summed E-state index contributed by atoms with van der Waals surface area (Å²) in [5, 5.41) is 0. The van der Waals surface area contributed by atoms with Crippen LogP contribution in [0.25, 0.3) is 11.3 Å². The minimum absolute atomic E-state index is 0.00281. The number of allylic oxidation sites excluding steroid dienone is 8. The molecule has 0 spiro atoms. The number of benzene rings is 2. The molecule has 2 aromatic carbocycles. The lowest BCUT2D eigenvalue weighted by molar-refractivity contribution is -0.151. The Morgan fingerprint density at radius 2 is 1.78 bits per heavy atom. The van der Waals surface area contributed by atoms with E-state index in [0.29, 0.717) is 79.7 Å². The van der Waals surface area contributed by atoms with E-state index < -0.39 is 23.6 Å². The SMILES string of the molecule is C=CCc1cccc(C2=C(C)CCC3=CCCC(C(C(=O)OCCCCCC)C4=CC(c5ccc(OCCC)cc5C(F)(F)F)=C(C)CCO4)CC(C)C(C)=CC3=N2)c1F. The van der Waals surface area contributed by atoms with Crippen molar-refractivity contribution in [2.75, 3.05) is 19.8 Å². The fourth-order valence-electron chi connectivity index (χ4n) is 8.33. The van der Waals surface area contributed by atoms with Crippen LogP contribution in [0.4, 0.5) is 17.6 Å². The molecule has 9 heteroatoms. The van der Waals surface area contributed by atoms with Crippen molar-refractivity contribution < 1.29 is 36.6 Å².